The van der Waals surface area contributed by atoms with Crippen LogP contribution >= 0.6 is 0 Å². The van der Waals surface area contributed by atoms with E-state index >= 15 is 0 Å². The molecule has 1 fully saturated rings. The fourth-order valence-corrected chi connectivity index (χ4v) is 2.86. The molecule has 1 unspecified atom stereocenters. The van der Waals surface area contributed by atoms with Gasteiger partial charge in [0, 0.05) is 19.6 Å². The zero-order valence-corrected chi connectivity index (χ0v) is 14.7. The zero-order valence-electron chi connectivity index (χ0n) is 14.7. The van der Waals surface area contributed by atoms with E-state index in [1.165, 1.54) is 0 Å². The number of ether oxygens (including phenoxy) is 3. The van der Waals surface area contributed by atoms with Crippen molar-refractivity contribution < 1.29 is 23.8 Å². The quantitative estimate of drug-likeness (QED) is 0.537. The van der Waals surface area contributed by atoms with Gasteiger partial charge in [-0.3, -0.25) is 14.5 Å². The summed E-state index contributed by atoms with van der Waals surface area (Å²) in [6, 6.07) is 7.36. The van der Waals surface area contributed by atoms with Crippen molar-refractivity contribution in [3.8, 4) is 11.5 Å². The number of rotatable bonds is 6. The number of hydrogen-bond donors (Lipinski definition) is 2. The highest BCUT2D eigenvalue weighted by Gasteiger charge is 2.22. The maximum atomic E-state index is 11.9. The molecule has 2 N–H and O–H groups in total. The lowest BCUT2D eigenvalue weighted by molar-refractivity contribution is -0.139. The van der Waals surface area contributed by atoms with Gasteiger partial charge in [0.1, 0.15) is 12.7 Å². The molecular weight excluding hydrogens is 338 g/mol. The highest BCUT2D eigenvalue weighted by atomic mass is 16.6. The van der Waals surface area contributed by atoms with Crippen LogP contribution in [0.1, 0.15) is 6.42 Å². The molecule has 8 heteroatoms. The number of fused-ring (bicyclic) bond motifs is 1. The number of nitrogens with one attached hydrogen (secondary N) is 2. The van der Waals surface area contributed by atoms with Gasteiger partial charge in [-0.05, 0) is 25.1 Å². The van der Waals surface area contributed by atoms with Crippen LogP contribution in [0.3, 0.4) is 0 Å². The van der Waals surface area contributed by atoms with Crippen molar-refractivity contribution in [2.45, 2.75) is 12.5 Å². The molecule has 2 heterocycles. The van der Waals surface area contributed by atoms with Crippen LogP contribution in [0.15, 0.2) is 24.3 Å². The highest BCUT2D eigenvalue weighted by molar-refractivity contribution is 6.35. The summed E-state index contributed by atoms with van der Waals surface area (Å²) in [6.45, 7) is 5.26. The van der Waals surface area contributed by atoms with E-state index in [1.807, 2.05) is 24.3 Å². The number of carbonyl (C=O) groups excluding carboxylic acids is 2. The number of benzene rings is 1. The monoisotopic (exact) mass is 363 g/mol. The van der Waals surface area contributed by atoms with Crippen molar-refractivity contribution in [1.29, 1.82) is 0 Å². The van der Waals surface area contributed by atoms with Crippen LogP contribution in [0.25, 0.3) is 0 Å². The Kier molecular flexibility index (Phi) is 6.68. The number of morpholine rings is 1. The lowest BCUT2D eigenvalue weighted by Crippen LogP contribution is -2.46. The van der Waals surface area contributed by atoms with Crippen molar-refractivity contribution >= 4 is 11.8 Å². The summed E-state index contributed by atoms with van der Waals surface area (Å²) in [7, 11) is 0. The molecule has 0 bridgehead atoms. The SMILES string of the molecule is O=C(NCCCN1CCOCC1)C(=O)NCC1COc2ccccc2O1. The minimum Gasteiger partial charge on any atom is -0.486 e. The van der Waals surface area contributed by atoms with Gasteiger partial charge < -0.3 is 24.8 Å². The normalized spacial score (nSPS) is 19.6. The topological polar surface area (TPSA) is 89.1 Å². The van der Waals surface area contributed by atoms with Crippen LogP contribution in [0.4, 0.5) is 0 Å². The summed E-state index contributed by atoms with van der Waals surface area (Å²) in [5.74, 6) is 0.0570. The van der Waals surface area contributed by atoms with E-state index in [2.05, 4.69) is 15.5 Å². The average molecular weight is 363 g/mol. The molecule has 0 aromatic heterocycles. The van der Waals surface area contributed by atoms with Crippen molar-refractivity contribution in [3.05, 3.63) is 24.3 Å². The second-order valence-electron chi connectivity index (χ2n) is 6.27. The smallest absolute Gasteiger partial charge is 0.309 e. The summed E-state index contributed by atoms with van der Waals surface area (Å²) in [6.07, 6.45) is 0.484. The van der Waals surface area contributed by atoms with Gasteiger partial charge in [-0.15, -0.1) is 0 Å². The average Bonchev–Trinajstić information content (AvgIpc) is 2.70. The lowest BCUT2D eigenvalue weighted by atomic mass is 10.2. The number of amides is 2. The Morgan fingerprint density at radius 3 is 2.62 bits per heavy atom. The van der Waals surface area contributed by atoms with Crippen molar-refractivity contribution in [2.75, 3.05) is 52.5 Å². The van der Waals surface area contributed by atoms with Gasteiger partial charge in [-0.1, -0.05) is 12.1 Å². The van der Waals surface area contributed by atoms with E-state index < -0.39 is 11.8 Å². The molecule has 26 heavy (non-hydrogen) atoms. The second kappa shape index (κ2) is 9.40. The molecule has 142 valence electrons. The first-order valence-corrected chi connectivity index (χ1v) is 8.97. The Morgan fingerprint density at radius 2 is 1.81 bits per heavy atom. The number of hydrogen-bond acceptors (Lipinski definition) is 6. The molecule has 0 aliphatic carbocycles. The molecule has 1 aromatic rings. The third-order valence-electron chi connectivity index (χ3n) is 4.30. The summed E-state index contributed by atoms with van der Waals surface area (Å²) in [4.78, 5) is 26.0. The Bertz CT molecular complexity index is 619. The zero-order chi connectivity index (χ0) is 18.2. The predicted molar refractivity (Wildman–Crippen MR) is 94.2 cm³/mol. The molecular formula is C18H25N3O5. The maximum Gasteiger partial charge on any atom is 0.309 e. The van der Waals surface area contributed by atoms with Crippen molar-refractivity contribution in [1.82, 2.24) is 15.5 Å². The molecule has 2 aliphatic rings. The summed E-state index contributed by atoms with van der Waals surface area (Å²) >= 11 is 0. The summed E-state index contributed by atoms with van der Waals surface area (Å²) in [5.41, 5.74) is 0. The van der Waals surface area contributed by atoms with Crippen molar-refractivity contribution in [2.24, 2.45) is 0 Å². The third-order valence-corrected chi connectivity index (χ3v) is 4.30. The van der Waals surface area contributed by atoms with E-state index in [-0.39, 0.29) is 12.6 Å². The maximum absolute atomic E-state index is 11.9. The first-order chi connectivity index (χ1) is 12.7. The fourth-order valence-electron chi connectivity index (χ4n) is 2.86. The molecule has 1 aromatic carbocycles. The van der Waals surface area contributed by atoms with Crippen LogP contribution in [0, 0.1) is 0 Å². The Hall–Kier alpha value is -2.32. The predicted octanol–water partition coefficient (Wildman–Crippen LogP) is -0.219. The van der Waals surface area contributed by atoms with Crippen LogP contribution in [0.5, 0.6) is 11.5 Å². The van der Waals surface area contributed by atoms with Gasteiger partial charge in [-0.25, -0.2) is 0 Å². The number of carbonyl (C=O) groups is 2. The van der Waals surface area contributed by atoms with Crippen LogP contribution in [0.2, 0.25) is 0 Å². The lowest BCUT2D eigenvalue weighted by Gasteiger charge is -2.26. The summed E-state index contributed by atoms with van der Waals surface area (Å²) in [5, 5.41) is 5.23. The molecule has 2 amide bonds. The van der Waals surface area contributed by atoms with E-state index in [0.29, 0.717) is 24.7 Å². The van der Waals surface area contributed by atoms with E-state index in [0.717, 1.165) is 39.3 Å². The van der Waals surface area contributed by atoms with Gasteiger partial charge in [0.25, 0.3) is 0 Å². The number of para-hydroxylation sites is 2. The molecule has 3 rings (SSSR count). The highest BCUT2D eigenvalue weighted by Crippen LogP contribution is 2.30. The molecule has 8 nitrogen and oxygen atoms in total. The standard InChI is InChI=1S/C18H25N3O5/c22-17(19-6-3-7-21-8-10-24-11-9-21)18(23)20-12-14-13-25-15-4-1-2-5-16(15)26-14/h1-2,4-5,14H,3,6-13H2,(H,19,22)(H,20,23). The van der Waals surface area contributed by atoms with E-state index in [9.17, 15) is 9.59 Å². The van der Waals surface area contributed by atoms with Gasteiger partial charge in [0.05, 0.1) is 19.8 Å². The minimum absolute atomic E-state index is 0.217. The van der Waals surface area contributed by atoms with Crippen molar-refractivity contribution in [3.63, 3.8) is 0 Å². The van der Waals surface area contributed by atoms with Gasteiger partial charge >= 0.3 is 11.8 Å². The number of nitrogens with zero attached hydrogens (tertiary/aromatic N) is 1. The Morgan fingerprint density at radius 1 is 1.08 bits per heavy atom. The second-order valence-corrected chi connectivity index (χ2v) is 6.27. The summed E-state index contributed by atoms with van der Waals surface area (Å²) < 4.78 is 16.6. The van der Waals surface area contributed by atoms with E-state index in [1.54, 1.807) is 0 Å². The van der Waals surface area contributed by atoms with Gasteiger partial charge in [0.15, 0.2) is 11.5 Å². The van der Waals surface area contributed by atoms with E-state index in [4.69, 9.17) is 14.2 Å². The minimum atomic E-state index is -0.654. The molecule has 1 saturated heterocycles. The van der Waals surface area contributed by atoms with Gasteiger partial charge in [0.2, 0.25) is 0 Å². The van der Waals surface area contributed by atoms with Crippen LogP contribution in [-0.2, 0) is 14.3 Å². The van der Waals surface area contributed by atoms with Crippen LogP contribution in [-0.4, -0.2) is 75.4 Å². The largest absolute Gasteiger partial charge is 0.486 e. The first kappa shape index (κ1) is 18.5. The Balaban J connectivity index is 1.30. The van der Waals surface area contributed by atoms with Crippen LogP contribution < -0.4 is 20.1 Å². The molecule has 1 atom stereocenters. The van der Waals surface area contributed by atoms with Gasteiger partial charge in [-0.2, -0.15) is 0 Å². The third kappa shape index (κ3) is 5.34. The molecule has 0 saturated carbocycles. The molecule has 2 aliphatic heterocycles. The molecule has 0 radical (unpaired) electrons. The Labute approximate surface area is 152 Å². The first-order valence-electron chi connectivity index (χ1n) is 8.97. The fraction of sp³-hybridized carbons (Fsp3) is 0.556. The molecule has 0 spiro atoms.